The smallest absolute Gasteiger partial charge is 0.165 e. The first-order valence-electron chi connectivity index (χ1n) is 6.81. The van der Waals surface area contributed by atoms with E-state index in [4.69, 9.17) is 9.47 Å². The van der Waals surface area contributed by atoms with Crippen molar-refractivity contribution in [3.63, 3.8) is 0 Å². The highest BCUT2D eigenvalue weighted by atomic mass is 16.5. The van der Waals surface area contributed by atoms with Gasteiger partial charge in [-0.1, -0.05) is 12.1 Å². The van der Waals surface area contributed by atoms with Crippen molar-refractivity contribution in [2.45, 2.75) is 19.4 Å². The topological polar surface area (TPSA) is 41.9 Å². The molecule has 1 aliphatic heterocycles. The van der Waals surface area contributed by atoms with Crippen LogP contribution in [0.1, 0.15) is 18.4 Å². The molecule has 0 aromatic heterocycles. The second-order valence-electron chi connectivity index (χ2n) is 5.08. The van der Waals surface area contributed by atoms with Gasteiger partial charge in [-0.2, -0.15) is 0 Å². The molecule has 1 unspecified atom stereocenters. The van der Waals surface area contributed by atoms with Crippen molar-refractivity contribution in [2.75, 3.05) is 33.9 Å². The maximum absolute atomic E-state index is 9.29. The molecule has 0 saturated carbocycles. The molecule has 4 heteroatoms. The number of nitrogens with zero attached hydrogens (tertiary/aromatic N) is 1. The molecule has 0 amide bonds. The maximum Gasteiger partial charge on any atom is 0.165 e. The highest BCUT2D eigenvalue weighted by Gasteiger charge is 2.20. The number of benzene rings is 1. The molecule has 1 fully saturated rings. The quantitative estimate of drug-likeness (QED) is 0.883. The molecule has 4 nitrogen and oxygen atoms in total. The van der Waals surface area contributed by atoms with Gasteiger partial charge >= 0.3 is 0 Å². The lowest BCUT2D eigenvalue weighted by atomic mass is 9.98. The molecule has 1 atom stereocenters. The molecule has 19 heavy (non-hydrogen) atoms. The van der Waals surface area contributed by atoms with Crippen LogP contribution < -0.4 is 9.47 Å². The van der Waals surface area contributed by atoms with E-state index in [1.165, 1.54) is 0 Å². The Morgan fingerprint density at radius 2 is 2.16 bits per heavy atom. The lowest BCUT2D eigenvalue weighted by molar-refractivity contribution is 0.115. The highest BCUT2D eigenvalue weighted by molar-refractivity contribution is 5.46. The van der Waals surface area contributed by atoms with Gasteiger partial charge in [-0.3, -0.25) is 4.90 Å². The van der Waals surface area contributed by atoms with Crippen LogP contribution in [-0.4, -0.2) is 43.9 Å². The van der Waals surface area contributed by atoms with Gasteiger partial charge in [-0.15, -0.1) is 0 Å². The Hall–Kier alpha value is -1.26. The van der Waals surface area contributed by atoms with E-state index in [0.717, 1.165) is 49.5 Å². The number of likely N-dealkylation sites (tertiary alicyclic amines) is 1. The van der Waals surface area contributed by atoms with Crippen LogP contribution in [0.5, 0.6) is 11.5 Å². The zero-order valence-corrected chi connectivity index (χ0v) is 11.8. The summed E-state index contributed by atoms with van der Waals surface area (Å²) in [5.41, 5.74) is 1.14. The van der Waals surface area contributed by atoms with E-state index >= 15 is 0 Å². The molecule has 1 aromatic carbocycles. The van der Waals surface area contributed by atoms with Crippen molar-refractivity contribution < 1.29 is 14.6 Å². The molecule has 0 spiro atoms. The lowest BCUT2D eigenvalue weighted by Crippen LogP contribution is -2.36. The van der Waals surface area contributed by atoms with Gasteiger partial charge in [0.2, 0.25) is 0 Å². The number of piperidine rings is 1. The van der Waals surface area contributed by atoms with Crippen LogP contribution in [-0.2, 0) is 6.54 Å². The fraction of sp³-hybridized carbons (Fsp3) is 0.600. The number of aliphatic hydroxyl groups is 1. The Bertz CT molecular complexity index is 408. The minimum atomic E-state index is 0.283. The van der Waals surface area contributed by atoms with Crippen molar-refractivity contribution in [2.24, 2.45) is 5.92 Å². The average Bonchev–Trinajstić information content (AvgIpc) is 2.47. The Kier molecular flexibility index (Phi) is 5.05. The largest absolute Gasteiger partial charge is 0.493 e. The third-order valence-corrected chi connectivity index (χ3v) is 3.74. The molecule has 0 bridgehead atoms. The summed E-state index contributed by atoms with van der Waals surface area (Å²) in [6.07, 6.45) is 2.28. The normalized spacial score (nSPS) is 20.3. The van der Waals surface area contributed by atoms with Crippen LogP contribution in [0.4, 0.5) is 0 Å². The van der Waals surface area contributed by atoms with Gasteiger partial charge < -0.3 is 14.6 Å². The van der Waals surface area contributed by atoms with Crippen molar-refractivity contribution in [1.82, 2.24) is 4.90 Å². The van der Waals surface area contributed by atoms with Crippen molar-refractivity contribution >= 4 is 0 Å². The number of aliphatic hydroxyl groups excluding tert-OH is 1. The first-order valence-corrected chi connectivity index (χ1v) is 6.81. The zero-order valence-electron chi connectivity index (χ0n) is 11.8. The molecular formula is C15H23NO3. The van der Waals surface area contributed by atoms with Crippen LogP contribution in [0, 0.1) is 5.92 Å². The van der Waals surface area contributed by atoms with E-state index in [9.17, 15) is 5.11 Å². The van der Waals surface area contributed by atoms with Gasteiger partial charge in [0, 0.05) is 25.3 Å². The molecule has 0 aliphatic carbocycles. The Morgan fingerprint density at radius 3 is 2.84 bits per heavy atom. The predicted molar refractivity (Wildman–Crippen MR) is 74.6 cm³/mol. The summed E-state index contributed by atoms with van der Waals surface area (Å²) in [6.45, 7) is 3.16. The van der Waals surface area contributed by atoms with Gasteiger partial charge in [0.25, 0.3) is 0 Å². The van der Waals surface area contributed by atoms with E-state index in [1.54, 1.807) is 14.2 Å². The minimum Gasteiger partial charge on any atom is -0.493 e. The Balaban J connectivity index is 2.10. The van der Waals surface area contributed by atoms with Crippen LogP contribution in [0.25, 0.3) is 0 Å². The second-order valence-corrected chi connectivity index (χ2v) is 5.08. The van der Waals surface area contributed by atoms with E-state index in [1.807, 2.05) is 12.1 Å². The number of methoxy groups -OCH3 is 2. The monoisotopic (exact) mass is 265 g/mol. The van der Waals surface area contributed by atoms with Gasteiger partial charge in [-0.25, -0.2) is 0 Å². The summed E-state index contributed by atoms with van der Waals surface area (Å²) in [6, 6.07) is 5.98. The van der Waals surface area contributed by atoms with Crippen molar-refractivity contribution in [3.8, 4) is 11.5 Å². The second kappa shape index (κ2) is 6.78. The van der Waals surface area contributed by atoms with Gasteiger partial charge in [-0.05, 0) is 31.4 Å². The molecular weight excluding hydrogens is 242 g/mol. The lowest BCUT2D eigenvalue weighted by Gasteiger charge is -2.32. The number of hydrogen-bond acceptors (Lipinski definition) is 4. The zero-order chi connectivity index (χ0) is 13.7. The fourth-order valence-corrected chi connectivity index (χ4v) is 2.76. The molecule has 1 aliphatic rings. The van der Waals surface area contributed by atoms with Crippen molar-refractivity contribution in [1.29, 1.82) is 0 Å². The molecule has 2 rings (SSSR count). The number of rotatable bonds is 5. The van der Waals surface area contributed by atoms with Crippen LogP contribution in [0.3, 0.4) is 0 Å². The van der Waals surface area contributed by atoms with Crippen LogP contribution in [0.15, 0.2) is 18.2 Å². The number of para-hydroxylation sites is 1. The molecule has 0 radical (unpaired) electrons. The third kappa shape index (κ3) is 3.39. The molecule has 1 saturated heterocycles. The van der Waals surface area contributed by atoms with E-state index in [0.29, 0.717) is 5.92 Å². The fourth-order valence-electron chi connectivity index (χ4n) is 2.76. The summed E-state index contributed by atoms with van der Waals surface area (Å²) in [7, 11) is 3.33. The maximum atomic E-state index is 9.29. The van der Waals surface area contributed by atoms with E-state index in [2.05, 4.69) is 11.0 Å². The van der Waals surface area contributed by atoms with Crippen LogP contribution >= 0.6 is 0 Å². The first-order chi connectivity index (χ1) is 9.28. The van der Waals surface area contributed by atoms with Gasteiger partial charge in [0.1, 0.15) is 0 Å². The summed E-state index contributed by atoms with van der Waals surface area (Å²) < 4.78 is 10.8. The van der Waals surface area contributed by atoms with Gasteiger partial charge in [0.05, 0.1) is 14.2 Å². The molecule has 1 N–H and O–H groups in total. The third-order valence-electron chi connectivity index (χ3n) is 3.74. The number of ether oxygens (including phenoxy) is 2. The first kappa shape index (κ1) is 14.2. The summed E-state index contributed by atoms with van der Waals surface area (Å²) >= 11 is 0. The highest BCUT2D eigenvalue weighted by Crippen LogP contribution is 2.32. The number of hydrogen-bond donors (Lipinski definition) is 1. The van der Waals surface area contributed by atoms with E-state index < -0.39 is 0 Å². The summed E-state index contributed by atoms with van der Waals surface area (Å²) in [5, 5.41) is 9.29. The van der Waals surface area contributed by atoms with Crippen molar-refractivity contribution in [3.05, 3.63) is 23.8 Å². The molecule has 1 aromatic rings. The Labute approximate surface area is 114 Å². The SMILES string of the molecule is COc1cccc(CN2CCCC(CO)C2)c1OC. The minimum absolute atomic E-state index is 0.283. The summed E-state index contributed by atoms with van der Waals surface area (Å²) in [4.78, 5) is 2.38. The standard InChI is InChI=1S/C15H23NO3/c1-18-14-7-3-6-13(15(14)19-2)10-16-8-4-5-12(9-16)11-17/h3,6-7,12,17H,4-5,8-11H2,1-2H3. The predicted octanol–water partition coefficient (Wildman–Crippen LogP) is 1.91. The van der Waals surface area contributed by atoms with Gasteiger partial charge in [0.15, 0.2) is 11.5 Å². The molecule has 106 valence electrons. The average molecular weight is 265 g/mol. The van der Waals surface area contributed by atoms with E-state index in [-0.39, 0.29) is 6.61 Å². The summed E-state index contributed by atoms with van der Waals surface area (Å²) in [5.74, 6) is 2.00. The molecule has 1 heterocycles. The van der Waals surface area contributed by atoms with Crippen LogP contribution in [0.2, 0.25) is 0 Å². The Morgan fingerprint density at radius 1 is 1.32 bits per heavy atom.